The van der Waals surface area contributed by atoms with Crippen LogP contribution >= 0.6 is 11.3 Å². The normalized spacial score (nSPS) is 16.3. The van der Waals surface area contributed by atoms with E-state index in [2.05, 4.69) is 10.5 Å². The first-order valence-electron chi connectivity index (χ1n) is 8.10. The molecule has 11 heteroatoms. The molecule has 0 radical (unpaired) electrons. The predicted octanol–water partition coefficient (Wildman–Crippen LogP) is 2.51. The Hall–Kier alpha value is -2.34. The molecule has 1 N–H and O–H groups in total. The third kappa shape index (κ3) is 4.33. The minimum atomic E-state index is -3.81. The van der Waals surface area contributed by atoms with Crippen molar-refractivity contribution in [2.45, 2.75) is 11.8 Å². The topological polar surface area (TPSA) is 114 Å². The number of nitrogens with zero attached hydrogens (tertiary/aromatic N) is 3. The van der Waals surface area contributed by atoms with Crippen LogP contribution in [0.1, 0.15) is 11.8 Å². The van der Waals surface area contributed by atoms with Gasteiger partial charge in [-0.3, -0.25) is 15.5 Å². The van der Waals surface area contributed by atoms with Crippen molar-refractivity contribution in [1.82, 2.24) is 4.31 Å². The highest BCUT2D eigenvalue weighted by Crippen LogP contribution is 2.29. The van der Waals surface area contributed by atoms with Crippen LogP contribution in [0.15, 0.2) is 45.7 Å². The average Bonchev–Trinajstić information content (AvgIpc) is 3.21. The third-order valence-corrected chi connectivity index (χ3v) is 6.87. The first-order chi connectivity index (χ1) is 12.9. The molecule has 1 fully saturated rings. The van der Waals surface area contributed by atoms with Gasteiger partial charge in [0.25, 0.3) is 5.69 Å². The van der Waals surface area contributed by atoms with Crippen molar-refractivity contribution in [3.05, 3.63) is 50.7 Å². The Morgan fingerprint density at radius 3 is 2.70 bits per heavy atom. The molecule has 1 aliphatic heterocycles. The molecular weight excluding hydrogens is 392 g/mol. The van der Waals surface area contributed by atoms with E-state index >= 15 is 0 Å². The summed E-state index contributed by atoms with van der Waals surface area (Å²) in [5.74, 6) is 0. The van der Waals surface area contributed by atoms with E-state index in [9.17, 15) is 18.5 Å². The van der Waals surface area contributed by atoms with Crippen LogP contribution in [0.2, 0.25) is 0 Å². The van der Waals surface area contributed by atoms with Gasteiger partial charge in [0.2, 0.25) is 10.0 Å². The van der Waals surface area contributed by atoms with Crippen molar-refractivity contribution in [3.63, 3.8) is 0 Å². The lowest BCUT2D eigenvalue weighted by Gasteiger charge is -2.26. The Morgan fingerprint density at radius 1 is 1.33 bits per heavy atom. The van der Waals surface area contributed by atoms with Gasteiger partial charge < -0.3 is 4.74 Å². The van der Waals surface area contributed by atoms with Crippen LogP contribution in [0.5, 0.6) is 0 Å². The molecule has 2 aromatic rings. The van der Waals surface area contributed by atoms with Crippen molar-refractivity contribution in [3.8, 4) is 0 Å². The van der Waals surface area contributed by atoms with E-state index in [1.165, 1.54) is 27.8 Å². The fourth-order valence-corrected chi connectivity index (χ4v) is 4.64. The molecule has 0 saturated carbocycles. The number of thiophene rings is 1. The number of nitro benzene ring substituents is 1. The van der Waals surface area contributed by atoms with E-state index in [0.717, 1.165) is 10.9 Å². The molecule has 0 amide bonds. The molecule has 0 aliphatic carbocycles. The Bertz CT molecular complexity index is 951. The highest BCUT2D eigenvalue weighted by molar-refractivity contribution is 7.89. The number of nitro groups is 1. The van der Waals surface area contributed by atoms with Crippen LogP contribution in [0.3, 0.4) is 0 Å². The maximum absolute atomic E-state index is 12.7. The largest absolute Gasteiger partial charge is 0.379 e. The molecule has 1 aromatic carbocycles. The number of sulfonamides is 1. The average molecular weight is 410 g/mol. The third-order valence-electron chi connectivity index (χ3n) is 4.00. The van der Waals surface area contributed by atoms with Gasteiger partial charge in [0.1, 0.15) is 5.69 Å². The Kier molecular flexibility index (Phi) is 5.85. The van der Waals surface area contributed by atoms with Gasteiger partial charge in [-0.1, -0.05) is 6.07 Å². The zero-order chi connectivity index (χ0) is 19.4. The van der Waals surface area contributed by atoms with Crippen molar-refractivity contribution in [2.75, 3.05) is 31.7 Å². The Morgan fingerprint density at radius 2 is 2.07 bits per heavy atom. The summed E-state index contributed by atoms with van der Waals surface area (Å²) < 4.78 is 31.8. The second-order valence-electron chi connectivity index (χ2n) is 5.74. The lowest BCUT2D eigenvalue weighted by molar-refractivity contribution is -0.384. The van der Waals surface area contributed by atoms with Crippen molar-refractivity contribution in [2.24, 2.45) is 5.10 Å². The molecule has 1 aromatic heterocycles. The molecule has 1 saturated heterocycles. The second-order valence-corrected chi connectivity index (χ2v) is 8.62. The molecule has 0 unspecified atom stereocenters. The van der Waals surface area contributed by atoms with Crippen LogP contribution in [0, 0.1) is 10.1 Å². The van der Waals surface area contributed by atoms with E-state index in [4.69, 9.17) is 4.74 Å². The van der Waals surface area contributed by atoms with Crippen LogP contribution < -0.4 is 5.43 Å². The number of rotatable bonds is 6. The summed E-state index contributed by atoms with van der Waals surface area (Å²) >= 11 is 1.50. The molecule has 27 heavy (non-hydrogen) atoms. The fraction of sp³-hybridized carbons (Fsp3) is 0.312. The molecule has 0 atom stereocenters. The molecule has 3 rings (SSSR count). The molecule has 2 heterocycles. The van der Waals surface area contributed by atoms with E-state index in [-0.39, 0.29) is 29.4 Å². The van der Waals surface area contributed by atoms with Crippen molar-refractivity contribution < 1.29 is 18.1 Å². The SMILES string of the molecule is CC(=NNc1ccc(S(=O)(=O)N2CCOCC2)cc1[N+](=O)[O-])c1cccs1. The van der Waals surface area contributed by atoms with E-state index in [0.29, 0.717) is 18.9 Å². The number of anilines is 1. The second kappa shape index (κ2) is 8.13. The molecule has 0 bridgehead atoms. The molecule has 0 spiro atoms. The van der Waals surface area contributed by atoms with E-state index in [1.807, 2.05) is 17.5 Å². The zero-order valence-electron chi connectivity index (χ0n) is 14.5. The number of morpholine rings is 1. The molecule has 144 valence electrons. The van der Waals surface area contributed by atoms with Gasteiger partial charge in [-0.25, -0.2) is 8.42 Å². The maximum atomic E-state index is 12.7. The monoisotopic (exact) mass is 410 g/mol. The summed E-state index contributed by atoms with van der Waals surface area (Å²) in [5.41, 5.74) is 3.10. The number of hydrogen-bond donors (Lipinski definition) is 1. The van der Waals surface area contributed by atoms with Gasteiger partial charge in [0.15, 0.2) is 0 Å². The number of ether oxygens (including phenoxy) is 1. The minimum Gasteiger partial charge on any atom is -0.379 e. The standard InChI is InChI=1S/C16H18N4O5S2/c1-12(16-3-2-10-26-16)17-18-14-5-4-13(11-15(14)20(21)22)27(23,24)19-6-8-25-9-7-19/h2-5,10-11,18H,6-9H2,1H3. The van der Waals surface area contributed by atoms with Crippen molar-refractivity contribution >= 4 is 38.4 Å². The summed E-state index contributed by atoms with van der Waals surface area (Å²) in [6.07, 6.45) is 0. The van der Waals surface area contributed by atoms with Gasteiger partial charge in [0.05, 0.1) is 28.7 Å². The van der Waals surface area contributed by atoms with Crippen LogP contribution in [-0.2, 0) is 14.8 Å². The van der Waals surface area contributed by atoms with Gasteiger partial charge in [-0.2, -0.15) is 9.41 Å². The van der Waals surface area contributed by atoms with E-state index < -0.39 is 14.9 Å². The van der Waals surface area contributed by atoms with Gasteiger partial charge >= 0.3 is 0 Å². The van der Waals surface area contributed by atoms with Crippen LogP contribution in [0.4, 0.5) is 11.4 Å². The minimum absolute atomic E-state index is 0.122. The molecule has 1 aliphatic rings. The first kappa shape index (κ1) is 19.4. The van der Waals surface area contributed by atoms with Gasteiger partial charge in [-0.15, -0.1) is 11.3 Å². The number of hydrazone groups is 1. The van der Waals surface area contributed by atoms with E-state index in [1.54, 1.807) is 6.92 Å². The lowest BCUT2D eigenvalue weighted by atomic mass is 10.3. The Labute approximate surface area is 160 Å². The zero-order valence-corrected chi connectivity index (χ0v) is 16.1. The quantitative estimate of drug-likeness (QED) is 0.445. The first-order valence-corrected chi connectivity index (χ1v) is 10.4. The van der Waals surface area contributed by atoms with Gasteiger partial charge in [0, 0.05) is 24.0 Å². The summed E-state index contributed by atoms with van der Waals surface area (Å²) in [6, 6.07) is 7.53. The van der Waals surface area contributed by atoms with Crippen LogP contribution in [-0.4, -0.2) is 49.7 Å². The highest BCUT2D eigenvalue weighted by atomic mass is 32.2. The highest BCUT2D eigenvalue weighted by Gasteiger charge is 2.28. The summed E-state index contributed by atoms with van der Waals surface area (Å²) in [6.45, 7) is 2.83. The molecular formula is C16H18N4O5S2. The number of benzene rings is 1. The summed E-state index contributed by atoms with van der Waals surface area (Å²) in [7, 11) is -3.81. The molecule has 9 nitrogen and oxygen atoms in total. The fourth-order valence-electron chi connectivity index (χ4n) is 2.54. The van der Waals surface area contributed by atoms with Gasteiger partial charge in [-0.05, 0) is 30.5 Å². The predicted molar refractivity (Wildman–Crippen MR) is 103 cm³/mol. The Balaban J connectivity index is 1.89. The maximum Gasteiger partial charge on any atom is 0.295 e. The summed E-state index contributed by atoms with van der Waals surface area (Å²) in [4.78, 5) is 11.6. The lowest BCUT2D eigenvalue weighted by Crippen LogP contribution is -2.40. The smallest absolute Gasteiger partial charge is 0.295 e. The van der Waals surface area contributed by atoms with Crippen LogP contribution in [0.25, 0.3) is 0 Å². The number of hydrogen-bond acceptors (Lipinski definition) is 8. The number of nitrogens with one attached hydrogen (secondary N) is 1. The summed E-state index contributed by atoms with van der Waals surface area (Å²) in [5, 5.41) is 17.5. The van der Waals surface area contributed by atoms with Crippen molar-refractivity contribution in [1.29, 1.82) is 0 Å².